The number of benzene rings is 2. The van der Waals surface area contributed by atoms with Crippen LogP contribution in [0.2, 0.25) is 5.02 Å². The SMILES string of the molecule is CCN(CC)C(CNC(=O)c1ccc(Cl)cc1F)Cc1ccccc1. The highest BCUT2D eigenvalue weighted by molar-refractivity contribution is 6.30. The zero-order valence-electron chi connectivity index (χ0n) is 14.6. The Bertz CT molecular complexity index is 689. The number of nitrogens with one attached hydrogen (secondary N) is 1. The molecule has 134 valence electrons. The van der Waals surface area contributed by atoms with E-state index in [-0.39, 0.29) is 16.6 Å². The molecule has 1 amide bonds. The van der Waals surface area contributed by atoms with Crippen LogP contribution in [0.4, 0.5) is 4.39 Å². The summed E-state index contributed by atoms with van der Waals surface area (Å²) in [5.74, 6) is -1.02. The summed E-state index contributed by atoms with van der Waals surface area (Å²) in [4.78, 5) is 14.6. The van der Waals surface area contributed by atoms with E-state index in [0.717, 1.165) is 25.6 Å². The highest BCUT2D eigenvalue weighted by Crippen LogP contribution is 2.15. The molecular weight excluding hydrogens is 339 g/mol. The Labute approximate surface area is 153 Å². The van der Waals surface area contributed by atoms with E-state index in [9.17, 15) is 9.18 Å². The molecule has 2 aromatic carbocycles. The number of rotatable bonds is 8. The Balaban J connectivity index is 2.06. The van der Waals surface area contributed by atoms with Crippen molar-refractivity contribution in [2.45, 2.75) is 26.3 Å². The van der Waals surface area contributed by atoms with Gasteiger partial charge in [-0.1, -0.05) is 55.8 Å². The normalized spacial score (nSPS) is 12.2. The predicted octanol–water partition coefficient (Wildman–Crippen LogP) is 4.16. The molecule has 0 bridgehead atoms. The van der Waals surface area contributed by atoms with Gasteiger partial charge < -0.3 is 5.32 Å². The molecule has 0 saturated carbocycles. The van der Waals surface area contributed by atoms with Crippen molar-refractivity contribution in [2.24, 2.45) is 0 Å². The van der Waals surface area contributed by atoms with E-state index in [2.05, 4.69) is 36.2 Å². The number of carbonyl (C=O) groups is 1. The predicted molar refractivity (Wildman–Crippen MR) is 101 cm³/mol. The van der Waals surface area contributed by atoms with E-state index in [4.69, 9.17) is 11.6 Å². The van der Waals surface area contributed by atoms with Crippen LogP contribution in [-0.2, 0) is 6.42 Å². The van der Waals surface area contributed by atoms with Crippen molar-refractivity contribution >= 4 is 17.5 Å². The van der Waals surface area contributed by atoms with E-state index in [1.807, 2.05) is 18.2 Å². The van der Waals surface area contributed by atoms with Crippen molar-refractivity contribution in [3.05, 3.63) is 70.5 Å². The fourth-order valence-corrected chi connectivity index (χ4v) is 3.09. The Morgan fingerprint density at radius 1 is 1.16 bits per heavy atom. The Morgan fingerprint density at radius 3 is 2.44 bits per heavy atom. The molecule has 0 aliphatic heterocycles. The number of likely N-dealkylation sites (N-methyl/N-ethyl adjacent to an activating group) is 1. The largest absolute Gasteiger partial charge is 0.350 e. The molecule has 3 nitrogen and oxygen atoms in total. The summed E-state index contributed by atoms with van der Waals surface area (Å²) in [5.41, 5.74) is 1.23. The van der Waals surface area contributed by atoms with Crippen LogP contribution >= 0.6 is 11.6 Å². The van der Waals surface area contributed by atoms with E-state index in [0.29, 0.717) is 6.54 Å². The van der Waals surface area contributed by atoms with Gasteiger partial charge in [0.1, 0.15) is 5.82 Å². The van der Waals surface area contributed by atoms with Crippen molar-refractivity contribution in [1.82, 2.24) is 10.2 Å². The lowest BCUT2D eigenvalue weighted by molar-refractivity contribution is 0.0930. The van der Waals surface area contributed by atoms with Crippen LogP contribution in [0.1, 0.15) is 29.8 Å². The number of hydrogen-bond acceptors (Lipinski definition) is 2. The molecule has 0 heterocycles. The molecule has 2 aromatic rings. The van der Waals surface area contributed by atoms with Gasteiger partial charge in [-0.15, -0.1) is 0 Å². The summed E-state index contributed by atoms with van der Waals surface area (Å²) < 4.78 is 13.9. The zero-order valence-corrected chi connectivity index (χ0v) is 15.4. The fraction of sp³-hybridized carbons (Fsp3) is 0.350. The fourth-order valence-electron chi connectivity index (χ4n) is 2.94. The molecule has 5 heteroatoms. The first-order chi connectivity index (χ1) is 12.0. The van der Waals surface area contributed by atoms with Crippen molar-refractivity contribution in [3.63, 3.8) is 0 Å². The topological polar surface area (TPSA) is 32.3 Å². The Hall–Kier alpha value is -1.91. The highest BCUT2D eigenvalue weighted by atomic mass is 35.5. The number of carbonyl (C=O) groups excluding carboxylic acids is 1. The Morgan fingerprint density at radius 2 is 1.84 bits per heavy atom. The quantitative estimate of drug-likeness (QED) is 0.764. The van der Waals surface area contributed by atoms with Gasteiger partial charge in [-0.3, -0.25) is 9.69 Å². The third-order valence-corrected chi connectivity index (χ3v) is 4.55. The first-order valence-electron chi connectivity index (χ1n) is 8.56. The molecule has 1 N–H and O–H groups in total. The van der Waals surface area contributed by atoms with Crippen LogP contribution in [0.15, 0.2) is 48.5 Å². The summed E-state index contributed by atoms with van der Waals surface area (Å²) in [7, 11) is 0. The standard InChI is InChI=1S/C20H24ClFN2O/c1-3-24(4-2)17(12-15-8-6-5-7-9-15)14-23-20(25)18-11-10-16(21)13-19(18)22/h5-11,13,17H,3-4,12,14H2,1-2H3,(H,23,25). The van der Waals surface area contributed by atoms with Crippen molar-refractivity contribution in [3.8, 4) is 0 Å². The maximum absolute atomic E-state index is 13.9. The van der Waals surface area contributed by atoms with Gasteiger partial charge in [-0.25, -0.2) is 4.39 Å². The van der Waals surface area contributed by atoms with E-state index < -0.39 is 11.7 Å². The van der Waals surface area contributed by atoms with Gasteiger partial charge in [-0.05, 0) is 43.3 Å². The third-order valence-electron chi connectivity index (χ3n) is 4.32. The number of amides is 1. The molecule has 0 aromatic heterocycles. The lowest BCUT2D eigenvalue weighted by Gasteiger charge is -2.30. The monoisotopic (exact) mass is 362 g/mol. The maximum atomic E-state index is 13.9. The van der Waals surface area contributed by atoms with E-state index >= 15 is 0 Å². The summed E-state index contributed by atoms with van der Waals surface area (Å²) in [6, 6.07) is 14.4. The molecule has 25 heavy (non-hydrogen) atoms. The second-order valence-electron chi connectivity index (χ2n) is 5.90. The van der Waals surface area contributed by atoms with E-state index in [1.165, 1.54) is 17.7 Å². The molecule has 2 rings (SSSR count). The van der Waals surface area contributed by atoms with Crippen LogP contribution in [-0.4, -0.2) is 36.5 Å². The van der Waals surface area contributed by atoms with Gasteiger partial charge in [0.15, 0.2) is 0 Å². The van der Waals surface area contributed by atoms with Crippen LogP contribution in [0.25, 0.3) is 0 Å². The average Bonchev–Trinajstić information content (AvgIpc) is 2.61. The summed E-state index contributed by atoms with van der Waals surface area (Å²) in [5, 5.41) is 3.14. The molecular formula is C20H24ClFN2O. The lowest BCUT2D eigenvalue weighted by atomic mass is 10.0. The van der Waals surface area contributed by atoms with E-state index in [1.54, 1.807) is 0 Å². The van der Waals surface area contributed by atoms with Gasteiger partial charge in [0.2, 0.25) is 0 Å². The van der Waals surface area contributed by atoms with Crippen molar-refractivity contribution in [2.75, 3.05) is 19.6 Å². The highest BCUT2D eigenvalue weighted by Gasteiger charge is 2.19. The summed E-state index contributed by atoms with van der Waals surface area (Å²) in [6.45, 7) is 6.43. The molecule has 0 aliphatic carbocycles. The molecule has 0 fully saturated rings. The van der Waals surface area contributed by atoms with Crippen LogP contribution in [0.5, 0.6) is 0 Å². The number of hydrogen-bond donors (Lipinski definition) is 1. The zero-order chi connectivity index (χ0) is 18.2. The summed E-state index contributed by atoms with van der Waals surface area (Å²) in [6.07, 6.45) is 0.825. The minimum atomic E-state index is -0.604. The second kappa shape index (κ2) is 9.54. The van der Waals surface area contributed by atoms with Crippen molar-refractivity contribution < 1.29 is 9.18 Å². The minimum Gasteiger partial charge on any atom is -0.350 e. The number of nitrogens with zero attached hydrogens (tertiary/aromatic N) is 1. The maximum Gasteiger partial charge on any atom is 0.254 e. The van der Waals surface area contributed by atoms with Gasteiger partial charge in [0, 0.05) is 17.6 Å². The first kappa shape index (κ1) is 19.4. The van der Waals surface area contributed by atoms with Crippen LogP contribution in [0.3, 0.4) is 0 Å². The Kier molecular flexibility index (Phi) is 7.41. The molecule has 0 radical (unpaired) electrons. The number of halogens is 2. The van der Waals surface area contributed by atoms with Gasteiger partial charge in [-0.2, -0.15) is 0 Å². The molecule has 1 unspecified atom stereocenters. The smallest absolute Gasteiger partial charge is 0.254 e. The van der Waals surface area contributed by atoms with Gasteiger partial charge in [0.25, 0.3) is 5.91 Å². The lowest BCUT2D eigenvalue weighted by Crippen LogP contribution is -2.45. The third kappa shape index (κ3) is 5.55. The molecule has 0 aliphatic rings. The summed E-state index contributed by atoms with van der Waals surface area (Å²) >= 11 is 5.74. The van der Waals surface area contributed by atoms with Crippen molar-refractivity contribution in [1.29, 1.82) is 0 Å². The van der Waals surface area contributed by atoms with Crippen LogP contribution < -0.4 is 5.32 Å². The average molecular weight is 363 g/mol. The van der Waals surface area contributed by atoms with Gasteiger partial charge >= 0.3 is 0 Å². The first-order valence-corrected chi connectivity index (χ1v) is 8.94. The molecule has 1 atom stereocenters. The van der Waals surface area contributed by atoms with Gasteiger partial charge in [0.05, 0.1) is 5.56 Å². The minimum absolute atomic E-state index is 0.0161. The van der Waals surface area contributed by atoms with Crippen LogP contribution in [0, 0.1) is 5.82 Å². The molecule has 0 spiro atoms. The second-order valence-corrected chi connectivity index (χ2v) is 6.34. The molecule has 0 saturated heterocycles.